The molecule has 0 aromatic rings. The minimum Gasteiger partial charge on any atom is -0.316 e. The van der Waals surface area contributed by atoms with E-state index in [1.54, 1.807) is 4.31 Å². The van der Waals surface area contributed by atoms with Crippen molar-refractivity contribution in [3.8, 4) is 0 Å². The Bertz CT molecular complexity index is 397. The minimum atomic E-state index is -3.29. The zero-order valence-electron chi connectivity index (χ0n) is 13.0. The van der Waals surface area contributed by atoms with Crippen molar-refractivity contribution in [2.75, 3.05) is 44.2 Å². The van der Waals surface area contributed by atoms with Crippen LogP contribution in [0.3, 0.4) is 0 Å². The van der Waals surface area contributed by atoms with Gasteiger partial charge in [-0.25, -0.2) is 4.72 Å². The van der Waals surface area contributed by atoms with Gasteiger partial charge in [-0.2, -0.15) is 24.5 Å². The summed E-state index contributed by atoms with van der Waals surface area (Å²) in [5.41, 5.74) is 0. The lowest BCUT2D eigenvalue weighted by atomic mass is 10.00. The zero-order valence-corrected chi connectivity index (χ0v) is 14.6. The second-order valence-electron chi connectivity index (χ2n) is 6.15. The summed E-state index contributed by atoms with van der Waals surface area (Å²) >= 11 is 1.92. The molecular weight excluding hydrogens is 306 g/mol. The summed E-state index contributed by atoms with van der Waals surface area (Å²) < 4.78 is 29.3. The Morgan fingerprint density at radius 3 is 2.81 bits per heavy atom. The first-order chi connectivity index (χ1) is 10.1. The molecule has 2 saturated heterocycles. The molecule has 2 heterocycles. The van der Waals surface area contributed by atoms with E-state index in [0.29, 0.717) is 31.5 Å². The molecule has 0 aromatic heterocycles. The summed E-state index contributed by atoms with van der Waals surface area (Å²) in [5, 5.41) is 3.41. The smallest absolute Gasteiger partial charge is 0.279 e. The lowest BCUT2D eigenvalue weighted by molar-refractivity contribution is 0.257. The normalized spacial score (nSPS) is 28.0. The maximum atomic E-state index is 12.4. The van der Waals surface area contributed by atoms with Crippen molar-refractivity contribution in [2.24, 2.45) is 11.8 Å². The summed E-state index contributed by atoms with van der Waals surface area (Å²) in [6, 6.07) is 0. The number of hydrogen-bond donors (Lipinski definition) is 2. The molecule has 2 fully saturated rings. The van der Waals surface area contributed by atoms with Gasteiger partial charge in [0, 0.05) is 19.6 Å². The minimum absolute atomic E-state index is 0.448. The maximum Gasteiger partial charge on any atom is 0.279 e. The van der Waals surface area contributed by atoms with Crippen LogP contribution in [0.15, 0.2) is 0 Å². The number of piperidine rings is 1. The molecule has 2 rings (SSSR count). The molecule has 7 heteroatoms. The predicted molar refractivity (Wildman–Crippen MR) is 89.8 cm³/mol. The Morgan fingerprint density at radius 1 is 1.24 bits per heavy atom. The summed E-state index contributed by atoms with van der Waals surface area (Å²) in [6.45, 7) is 6.02. The van der Waals surface area contributed by atoms with Gasteiger partial charge in [-0.1, -0.05) is 6.92 Å². The third kappa shape index (κ3) is 5.71. The van der Waals surface area contributed by atoms with Crippen molar-refractivity contribution in [1.29, 1.82) is 0 Å². The van der Waals surface area contributed by atoms with E-state index < -0.39 is 10.2 Å². The molecule has 0 radical (unpaired) electrons. The van der Waals surface area contributed by atoms with E-state index in [2.05, 4.69) is 17.0 Å². The van der Waals surface area contributed by atoms with Crippen LogP contribution in [0.25, 0.3) is 0 Å². The van der Waals surface area contributed by atoms with Crippen molar-refractivity contribution in [1.82, 2.24) is 14.3 Å². The van der Waals surface area contributed by atoms with E-state index in [-0.39, 0.29) is 0 Å². The van der Waals surface area contributed by atoms with Gasteiger partial charge in [0.1, 0.15) is 0 Å². The van der Waals surface area contributed by atoms with Crippen molar-refractivity contribution in [3.05, 3.63) is 0 Å². The van der Waals surface area contributed by atoms with Gasteiger partial charge in [0.2, 0.25) is 0 Å². The van der Waals surface area contributed by atoms with Crippen LogP contribution in [0.2, 0.25) is 0 Å². The van der Waals surface area contributed by atoms with E-state index in [1.807, 2.05) is 11.8 Å². The Hall–Kier alpha value is 0.180. The topological polar surface area (TPSA) is 61.4 Å². The summed E-state index contributed by atoms with van der Waals surface area (Å²) in [7, 11) is -3.29. The summed E-state index contributed by atoms with van der Waals surface area (Å²) in [5.74, 6) is 3.22. The Labute approximate surface area is 133 Å². The van der Waals surface area contributed by atoms with Gasteiger partial charge in [-0.15, -0.1) is 0 Å². The first-order valence-electron chi connectivity index (χ1n) is 8.15. The lowest BCUT2D eigenvalue weighted by Crippen LogP contribution is -2.48. The van der Waals surface area contributed by atoms with E-state index >= 15 is 0 Å². The fourth-order valence-electron chi connectivity index (χ4n) is 2.95. The number of thioether (sulfide) groups is 1. The monoisotopic (exact) mass is 335 g/mol. The average Bonchev–Trinajstić information content (AvgIpc) is 2.99. The second kappa shape index (κ2) is 8.72. The fraction of sp³-hybridized carbons (Fsp3) is 1.00. The molecule has 0 spiro atoms. The van der Waals surface area contributed by atoms with Gasteiger partial charge < -0.3 is 5.32 Å². The Kier molecular flexibility index (Phi) is 7.28. The first kappa shape index (κ1) is 17.5. The predicted octanol–water partition coefficient (Wildman–Crippen LogP) is 1.29. The molecule has 2 aliphatic rings. The third-order valence-electron chi connectivity index (χ3n) is 4.26. The molecule has 2 atom stereocenters. The van der Waals surface area contributed by atoms with E-state index in [0.717, 1.165) is 44.5 Å². The highest BCUT2D eigenvalue weighted by molar-refractivity contribution is 7.99. The molecule has 0 bridgehead atoms. The van der Waals surface area contributed by atoms with Gasteiger partial charge in [0.25, 0.3) is 10.2 Å². The van der Waals surface area contributed by atoms with Crippen molar-refractivity contribution < 1.29 is 8.42 Å². The fourth-order valence-corrected chi connectivity index (χ4v) is 5.64. The van der Waals surface area contributed by atoms with E-state index in [4.69, 9.17) is 0 Å². The second-order valence-corrected chi connectivity index (χ2v) is 9.06. The Morgan fingerprint density at radius 2 is 2.10 bits per heavy atom. The molecule has 2 aliphatic heterocycles. The van der Waals surface area contributed by atoms with Gasteiger partial charge in [-0.3, -0.25) is 0 Å². The molecular formula is C14H29N3O2S2. The van der Waals surface area contributed by atoms with Crippen molar-refractivity contribution in [2.45, 2.75) is 32.6 Å². The molecule has 2 unspecified atom stereocenters. The quantitative estimate of drug-likeness (QED) is 0.656. The average molecular weight is 336 g/mol. The molecule has 0 amide bonds. The van der Waals surface area contributed by atoms with Crippen LogP contribution in [-0.2, 0) is 10.2 Å². The highest BCUT2D eigenvalue weighted by Crippen LogP contribution is 2.23. The molecule has 0 aliphatic carbocycles. The zero-order chi connectivity index (χ0) is 15.1. The largest absolute Gasteiger partial charge is 0.316 e. The Balaban J connectivity index is 1.77. The van der Waals surface area contributed by atoms with E-state index in [1.165, 1.54) is 5.75 Å². The number of hydrogen-bond acceptors (Lipinski definition) is 4. The third-order valence-corrected chi connectivity index (χ3v) is 7.03. The SMILES string of the molecule is CCCNCC1CCCN(S(=O)(=O)NCC2CCSC2)C1. The standard InChI is InChI=1S/C14H29N3O2S2/c1-2-6-15-9-13-4-3-7-17(11-13)21(18,19)16-10-14-5-8-20-12-14/h13-16H,2-12H2,1H3. The number of nitrogens with zero attached hydrogens (tertiary/aromatic N) is 1. The van der Waals surface area contributed by atoms with E-state index in [9.17, 15) is 8.42 Å². The van der Waals surface area contributed by atoms with Crippen LogP contribution in [0.4, 0.5) is 0 Å². The molecule has 0 aromatic carbocycles. The summed E-state index contributed by atoms with van der Waals surface area (Å²) in [6.07, 6.45) is 4.35. The van der Waals surface area contributed by atoms with Gasteiger partial charge >= 0.3 is 0 Å². The van der Waals surface area contributed by atoms with Crippen LogP contribution in [0.5, 0.6) is 0 Å². The van der Waals surface area contributed by atoms with Crippen LogP contribution >= 0.6 is 11.8 Å². The van der Waals surface area contributed by atoms with Crippen LogP contribution in [0.1, 0.15) is 32.6 Å². The van der Waals surface area contributed by atoms with Gasteiger partial charge in [0.15, 0.2) is 0 Å². The van der Waals surface area contributed by atoms with Crippen molar-refractivity contribution >= 4 is 22.0 Å². The molecule has 21 heavy (non-hydrogen) atoms. The highest BCUT2D eigenvalue weighted by atomic mass is 32.2. The first-order valence-corrected chi connectivity index (χ1v) is 10.7. The molecule has 5 nitrogen and oxygen atoms in total. The number of nitrogens with one attached hydrogen (secondary N) is 2. The van der Waals surface area contributed by atoms with Crippen LogP contribution in [0, 0.1) is 11.8 Å². The van der Waals surface area contributed by atoms with Crippen LogP contribution in [-0.4, -0.2) is 57.0 Å². The number of rotatable bonds is 8. The van der Waals surface area contributed by atoms with Gasteiger partial charge in [-0.05, 0) is 62.1 Å². The molecule has 0 saturated carbocycles. The van der Waals surface area contributed by atoms with Crippen molar-refractivity contribution in [3.63, 3.8) is 0 Å². The molecule has 2 N–H and O–H groups in total. The summed E-state index contributed by atoms with van der Waals surface area (Å²) in [4.78, 5) is 0. The molecule has 124 valence electrons. The maximum absolute atomic E-state index is 12.4. The highest BCUT2D eigenvalue weighted by Gasteiger charge is 2.29. The van der Waals surface area contributed by atoms with Gasteiger partial charge in [0.05, 0.1) is 0 Å². The lowest BCUT2D eigenvalue weighted by Gasteiger charge is -2.32. The van der Waals surface area contributed by atoms with Crippen LogP contribution < -0.4 is 10.0 Å².